The zero-order valence-electron chi connectivity index (χ0n) is 14.3. The zero-order valence-corrected chi connectivity index (χ0v) is 14.3. The van der Waals surface area contributed by atoms with E-state index in [1.165, 1.54) is 11.8 Å². The summed E-state index contributed by atoms with van der Waals surface area (Å²) in [6.45, 7) is 11.6. The lowest BCUT2D eigenvalue weighted by Crippen LogP contribution is -2.37. The molecule has 0 aromatic carbocycles. The lowest BCUT2D eigenvalue weighted by atomic mass is 9.62. The Morgan fingerprint density at radius 2 is 2.14 bits per heavy atom. The highest BCUT2D eigenvalue weighted by Gasteiger charge is 2.37. The van der Waals surface area contributed by atoms with Gasteiger partial charge in [-0.3, -0.25) is 5.43 Å². The first kappa shape index (κ1) is 17.9. The van der Waals surface area contributed by atoms with Gasteiger partial charge in [0.15, 0.2) is 0 Å². The minimum Gasteiger partial charge on any atom is -0.402 e. The van der Waals surface area contributed by atoms with E-state index >= 15 is 0 Å². The molecule has 0 heterocycles. The lowest BCUT2D eigenvalue weighted by molar-refractivity contribution is 0.137. The number of nitrogens with two attached hydrogens (primary N) is 1. The first-order chi connectivity index (χ1) is 9.72. The molecule has 0 saturated heterocycles. The Morgan fingerprint density at radius 3 is 2.62 bits per heavy atom. The van der Waals surface area contributed by atoms with Gasteiger partial charge in [0.1, 0.15) is 0 Å². The molecule has 0 aromatic rings. The molecule has 120 valence electrons. The molecule has 2 atom stereocenters. The minimum atomic E-state index is 0.301. The highest BCUT2D eigenvalue weighted by Crippen LogP contribution is 2.47. The van der Waals surface area contributed by atoms with Crippen LogP contribution in [0.3, 0.4) is 0 Å². The van der Waals surface area contributed by atoms with E-state index in [1.807, 2.05) is 19.1 Å². The van der Waals surface area contributed by atoms with Crippen molar-refractivity contribution in [3.8, 4) is 0 Å². The Balaban J connectivity index is 2.93. The first-order valence-electron chi connectivity index (χ1n) is 7.75. The molecule has 0 bridgehead atoms. The number of nitrogens with zero attached hydrogens (tertiary/aromatic N) is 1. The number of likely N-dealkylation sites (N-methyl/N-ethyl adjacent to an activating group) is 1. The van der Waals surface area contributed by atoms with Crippen LogP contribution in [0.15, 0.2) is 23.4 Å². The van der Waals surface area contributed by atoms with Gasteiger partial charge in [0.25, 0.3) is 0 Å². The molecule has 1 aliphatic carbocycles. The predicted octanol–water partition coefficient (Wildman–Crippen LogP) is 2.93. The Kier molecular flexibility index (Phi) is 6.17. The van der Waals surface area contributed by atoms with Crippen LogP contribution in [0, 0.1) is 22.7 Å². The summed E-state index contributed by atoms with van der Waals surface area (Å²) in [7, 11) is 3.83. The van der Waals surface area contributed by atoms with E-state index in [1.54, 1.807) is 0 Å². The summed E-state index contributed by atoms with van der Waals surface area (Å²) < 4.78 is 0. The molecular formula is C17H32N4. The second-order valence-corrected chi connectivity index (χ2v) is 7.06. The van der Waals surface area contributed by atoms with Crippen LogP contribution in [0.2, 0.25) is 0 Å². The lowest BCUT2D eigenvalue weighted by Gasteiger charge is -2.43. The summed E-state index contributed by atoms with van der Waals surface area (Å²) in [6.07, 6.45) is 4.71. The van der Waals surface area contributed by atoms with Gasteiger partial charge in [-0.2, -0.15) is 0 Å². The number of hydrazine groups is 1. The van der Waals surface area contributed by atoms with Gasteiger partial charge in [-0.25, -0.2) is 5.01 Å². The highest BCUT2D eigenvalue weighted by molar-refractivity contribution is 5.77. The largest absolute Gasteiger partial charge is 0.402 e. The quantitative estimate of drug-likeness (QED) is 0.401. The van der Waals surface area contributed by atoms with Gasteiger partial charge in [0.2, 0.25) is 0 Å². The number of nitrogens with one attached hydrogen (secondary N) is 2. The molecule has 0 aromatic heterocycles. The smallest absolute Gasteiger partial charge is 0.0410 e. The number of allylic oxidation sites excluding steroid dienone is 2. The monoisotopic (exact) mass is 292 g/mol. The zero-order chi connectivity index (χ0) is 16.2. The average molecular weight is 292 g/mol. The van der Waals surface area contributed by atoms with Crippen LogP contribution in [0.25, 0.3) is 0 Å². The summed E-state index contributed by atoms with van der Waals surface area (Å²) in [5.41, 5.74) is 12.8. The fourth-order valence-electron chi connectivity index (χ4n) is 3.41. The molecule has 4 heteroatoms. The van der Waals surface area contributed by atoms with E-state index in [4.69, 9.17) is 11.1 Å². The number of hydrogen-bond acceptors (Lipinski definition) is 4. The standard InChI is InChI=1S/C17H32N4/c1-12(2)15-9-13(7-8-17(15,3)4)16(19)14(10-18)11-21(6)20-5/h10,13,15,18,20H,1,7-9,11,19H2,2-6H3. The third-order valence-corrected chi connectivity index (χ3v) is 4.97. The molecule has 1 saturated carbocycles. The van der Waals surface area contributed by atoms with Crippen molar-refractivity contribution >= 4 is 6.21 Å². The topological polar surface area (TPSA) is 65.1 Å². The summed E-state index contributed by atoms with van der Waals surface area (Å²) in [5.74, 6) is 0.866. The van der Waals surface area contributed by atoms with Crippen LogP contribution in [0.1, 0.15) is 40.0 Å². The van der Waals surface area contributed by atoms with Gasteiger partial charge in [-0.05, 0) is 50.5 Å². The van der Waals surface area contributed by atoms with Crippen molar-refractivity contribution < 1.29 is 0 Å². The van der Waals surface area contributed by atoms with Crippen molar-refractivity contribution in [2.24, 2.45) is 23.0 Å². The van der Waals surface area contributed by atoms with Crippen molar-refractivity contribution in [2.75, 3.05) is 20.6 Å². The fraction of sp³-hybridized carbons (Fsp3) is 0.706. The molecule has 0 aliphatic heterocycles. The minimum absolute atomic E-state index is 0.301. The third kappa shape index (κ3) is 4.42. The predicted molar refractivity (Wildman–Crippen MR) is 91.1 cm³/mol. The van der Waals surface area contributed by atoms with Crippen LogP contribution in [0.4, 0.5) is 0 Å². The van der Waals surface area contributed by atoms with Gasteiger partial charge < -0.3 is 11.1 Å². The summed E-state index contributed by atoms with van der Waals surface area (Å²) in [6, 6.07) is 0. The fourth-order valence-corrected chi connectivity index (χ4v) is 3.41. The second-order valence-electron chi connectivity index (χ2n) is 7.06. The van der Waals surface area contributed by atoms with Gasteiger partial charge in [0.05, 0.1) is 0 Å². The first-order valence-corrected chi connectivity index (χ1v) is 7.75. The van der Waals surface area contributed by atoms with Crippen LogP contribution in [0.5, 0.6) is 0 Å². The van der Waals surface area contributed by atoms with Crippen molar-refractivity contribution in [2.45, 2.75) is 40.0 Å². The number of rotatable bonds is 6. The summed E-state index contributed by atoms with van der Waals surface area (Å²) in [4.78, 5) is 0. The van der Waals surface area contributed by atoms with Crippen molar-refractivity contribution in [3.05, 3.63) is 23.4 Å². The second kappa shape index (κ2) is 7.23. The Morgan fingerprint density at radius 1 is 1.52 bits per heavy atom. The molecular weight excluding hydrogens is 260 g/mol. The summed E-state index contributed by atoms with van der Waals surface area (Å²) in [5, 5.41) is 9.60. The maximum Gasteiger partial charge on any atom is 0.0410 e. The summed E-state index contributed by atoms with van der Waals surface area (Å²) >= 11 is 0. The molecule has 4 nitrogen and oxygen atoms in total. The van der Waals surface area contributed by atoms with E-state index in [2.05, 4.69) is 32.8 Å². The van der Waals surface area contributed by atoms with Crippen LogP contribution in [-0.4, -0.2) is 31.9 Å². The van der Waals surface area contributed by atoms with E-state index in [0.717, 1.165) is 30.5 Å². The molecule has 0 amide bonds. The van der Waals surface area contributed by atoms with Crippen LogP contribution >= 0.6 is 0 Å². The molecule has 1 rings (SSSR count). The van der Waals surface area contributed by atoms with Crippen molar-refractivity contribution in [1.82, 2.24) is 10.4 Å². The molecule has 4 N–H and O–H groups in total. The van der Waals surface area contributed by atoms with Gasteiger partial charge in [-0.1, -0.05) is 26.0 Å². The SMILES string of the molecule is C=C(C)C1CC(C(N)=C(C=N)CN(C)NC)CCC1(C)C. The van der Waals surface area contributed by atoms with Gasteiger partial charge in [-0.15, -0.1) is 0 Å². The van der Waals surface area contributed by atoms with E-state index in [9.17, 15) is 0 Å². The average Bonchev–Trinajstić information content (AvgIpc) is 2.43. The van der Waals surface area contributed by atoms with Crippen molar-refractivity contribution in [3.63, 3.8) is 0 Å². The van der Waals surface area contributed by atoms with Gasteiger partial charge in [0, 0.05) is 31.1 Å². The third-order valence-electron chi connectivity index (χ3n) is 4.97. The number of hydrogen-bond donors (Lipinski definition) is 3. The van der Waals surface area contributed by atoms with Crippen LogP contribution in [-0.2, 0) is 0 Å². The van der Waals surface area contributed by atoms with Crippen LogP contribution < -0.4 is 11.2 Å². The Labute approximate surface area is 129 Å². The highest BCUT2D eigenvalue weighted by atomic mass is 15.5. The molecule has 1 fully saturated rings. The Bertz CT molecular complexity index is 423. The van der Waals surface area contributed by atoms with E-state index in [-0.39, 0.29) is 0 Å². The molecule has 1 aliphatic rings. The van der Waals surface area contributed by atoms with Gasteiger partial charge >= 0.3 is 0 Å². The molecule has 21 heavy (non-hydrogen) atoms. The van der Waals surface area contributed by atoms with E-state index in [0.29, 0.717) is 23.8 Å². The Hall–Kier alpha value is -1.13. The van der Waals surface area contributed by atoms with Crippen molar-refractivity contribution in [1.29, 1.82) is 5.41 Å². The maximum absolute atomic E-state index is 7.66. The molecule has 0 spiro atoms. The maximum atomic E-state index is 7.66. The van der Waals surface area contributed by atoms with E-state index < -0.39 is 0 Å². The molecule has 2 unspecified atom stereocenters. The normalized spacial score (nSPS) is 26.4. The molecule has 0 radical (unpaired) electrons.